The van der Waals surface area contributed by atoms with Gasteiger partial charge in [0, 0.05) is 12.0 Å². The number of carbonyl (C=O) groups excluding carboxylic acids is 2. The number of phenols is 1. The van der Waals surface area contributed by atoms with Gasteiger partial charge >= 0.3 is 0 Å². The zero-order valence-corrected chi connectivity index (χ0v) is 15.7. The third kappa shape index (κ3) is 5.39. The Hall–Kier alpha value is -3.72. The first kappa shape index (κ1) is 20.0. The standard InChI is InChI=1S/C25H20O4/c26-18-22(21-9-4-10-23(27)16-21)13-15-25(29)14-5-6-19(17-25)11-12-24(28)20-7-2-1-3-8-20/h1-16,27,29H,17H2. The molecule has 0 radical (unpaired) electrons. The summed E-state index contributed by atoms with van der Waals surface area (Å²) in [5.74, 6) is 1.76. The molecule has 0 heterocycles. The number of aromatic hydroxyl groups is 1. The van der Waals surface area contributed by atoms with Gasteiger partial charge in [-0.15, -0.1) is 0 Å². The van der Waals surface area contributed by atoms with E-state index < -0.39 is 5.60 Å². The maximum Gasteiger partial charge on any atom is 0.185 e. The fourth-order valence-corrected chi connectivity index (χ4v) is 2.98. The highest BCUT2D eigenvalue weighted by Crippen LogP contribution is 2.27. The third-order valence-electron chi connectivity index (χ3n) is 4.50. The minimum absolute atomic E-state index is 0.0402. The fourth-order valence-electron chi connectivity index (χ4n) is 2.98. The van der Waals surface area contributed by atoms with Crippen LogP contribution in [0.1, 0.15) is 22.3 Å². The first-order chi connectivity index (χ1) is 14.0. The SMILES string of the molecule is O=C=C(C=CC1(O)C=CC=C(C=CC(=O)c2ccccc2)C1)c1cccc(O)c1. The van der Waals surface area contributed by atoms with Gasteiger partial charge in [0.1, 0.15) is 17.3 Å². The van der Waals surface area contributed by atoms with Crippen molar-refractivity contribution < 1.29 is 19.8 Å². The predicted octanol–water partition coefficient (Wildman–Crippen LogP) is 4.22. The number of hydrogen-bond donors (Lipinski definition) is 2. The Morgan fingerprint density at radius 2 is 1.79 bits per heavy atom. The lowest BCUT2D eigenvalue weighted by Crippen LogP contribution is -2.24. The Kier molecular flexibility index (Phi) is 6.20. The Labute approximate surface area is 169 Å². The van der Waals surface area contributed by atoms with E-state index in [1.807, 2.05) is 18.1 Å². The monoisotopic (exact) mass is 384 g/mol. The minimum atomic E-state index is -1.30. The van der Waals surface area contributed by atoms with Crippen LogP contribution < -0.4 is 0 Å². The number of benzene rings is 2. The Balaban J connectivity index is 1.71. The molecule has 0 amide bonds. The summed E-state index contributed by atoms with van der Waals surface area (Å²) in [7, 11) is 0. The van der Waals surface area contributed by atoms with Crippen molar-refractivity contribution in [3.63, 3.8) is 0 Å². The van der Waals surface area contributed by atoms with Crippen LogP contribution in [-0.2, 0) is 4.79 Å². The number of phenolic OH excluding ortho intramolecular Hbond substituents is 1. The molecule has 4 heteroatoms. The predicted molar refractivity (Wildman–Crippen MR) is 113 cm³/mol. The van der Waals surface area contributed by atoms with E-state index in [4.69, 9.17) is 0 Å². The number of carbonyl (C=O) groups is 1. The third-order valence-corrected chi connectivity index (χ3v) is 4.50. The number of hydrogen-bond acceptors (Lipinski definition) is 4. The molecule has 1 aliphatic rings. The molecule has 0 spiro atoms. The summed E-state index contributed by atoms with van der Waals surface area (Å²) in [5.41, 5.74) is 0.788. The van der Waals surface area contributed by atoms with Crippen LogP contribution in [0.15, 0.2) is 103 Å². The number of allylic oxidation sites excluding steroid dienone is 6. The van der Waals surface area contributed by atoms with Crippen LogP contribution in [0.4, 0.5) is 0 Å². The molecule has 2 aromatic rings. The van der Waals surface area contributed by atoms with Crippen molar-refractivity contribution in [2.75, 3.05) is 0 Å². The average molecular weight is 384 g/mol. The molecular weight excluding hydrogens is 364 g/mol. The minimum Gasteiger partial charge on any atom is -0.508 e. The molecule has 29 heavy (non-hydrogen) atoms. The lowest BCUT2D eigenvalue weighted by atomic mass is 9.88. The van der Waals surface area contributed by atoms with E-state index >= 15 is 0 Å². The molecule has 1 unspecified atom stereocenters. The number of ketones is 1. The topological polar surface area (TPSA) is 74.6 Å². The molecule has 0 fully saturated rings. The summed E-state index contributed by atoms with van der Waals surface area (Å²) in [6, 6.07) is 15.2. The van der Waals surface area contributed by atoms with Crippen molar-refractivity contribution in [3.8, 4) is 5.75 Å². The van der Waals surface area contributed by atoms with Gasteiger partial charge in [-0.1, -0.05) is 60.7 Å². The van der Waals surface area contributed by atoms with Gasteiger partial charge in [-0.05, 0) is 47.6 Å². The second-order valence-corrected chi connectivity index (χ2v) is 6.73. The van der Waals surface area contributed by atoms with E-state index in [1.165, 1.54) is 30.4 Å². The van der Waals surface area contributed by atoms with Gasteiger partial charge in [-0.3, -0.25) is 4.79 Å². The zero-order chi connectivity index (χ0) is 20.7. The molecule has 4 nitrogen and oxygen atoms in total. The highest BCUT2D eigenvalue weighted by Gasteiger charge is 2.23. The van der Waals surface area contributed by atoms with Gasteiger partial charge in [0.05, 0.1) is 5.57 Å². The van der Waals surface area contributed by atoms with Crippen molar-refractivity contribution in [1.82, 2.24) is 0 Å². The second kappa shape index (κ2) is 8.98. The zero-order valence-electron chi connectivity index (χ0n) is 15.7. The Morgan fingerprint density at radius 3 is 2.52 bits per heavy atom. The quantitative estimate of drug-likeness (QED) is 0.338. The first-order valence-corrected chi connectivity index (χ1v) is 9.11. The van der Waals surface area contributed by atoms with Crippen LogP contribution in [0.3, 0.4) is 0 Å². The van der Waals surface area contributed by atoms with E-state index in [9.17, 15) is 19.8 Å². The van der Waals surface area contributed by atoms with Gasteiger partial charge in [-0.2, -0.15) is 0 Å². The second-order valence-electron chi connectivity index (χ2n) is 6.73. The van der Waals surface area contributed by atoms with E-state index in [2.05, 4.69) is 0 Å². The average Bonchev–Trinajstić information content (AvgIpc) is 2.73. The maximum absolute atomic E-state index is 12.2. The number of rotatable bonds is 6. The van der Waals surface area contributed by atoms with Crippen LogP contribution in [0.5, 0.6) is 5.75 Å². The molecule has 3 rings (SSSR count). The van der Waals surface area contributed by atoms with Crippen LogP contribution in [0.25, 0.3) is 5.57 Å². The lowest BCUT2D eigenvalue weighted by Gasteiger charge is -2.24. The van der Waals surface area contributed by atoms with Gasteiger partial charge in [0.2, 0.25) is 0 Å². The summed E-state index contributed by atoms with van der Waals surface area (Å²) >= 11 is 0. The van der Waals surface area contributed by atoms with E-state index in [-0.39, 0.29) is 23.5 Å². The molecule has 0 saturated carbocycles. The van der Waals surface area contributed by atoms with E-state index in [0.29, 0.717) is 11.1 Å². The van der Waals surface area contributed by atoms with Crippen LogP contribution in [0.2, 0.25) is 0 Å². The molecule has 0 bridgehead atoms. The molecule has 2 N–H and O–H groups in total. The van der Waals surface area contributed by atoms with Crippen LogP contribution >= 0.6 is 0 Å². The fraction of sp³-hybridized carbons (Fsp3) is 0.0800. The molecule has 0 aliphatic heterocycles. The Bertz CT molecular complexity index is 1070. The van der Waals surface area contributed by atoms with Gasteiger partial charge in [0.25, 0.3) is 0 Å². The summed E-state index contributed by atoms with van der Waals surface area (Å²) < 4.78 is 0. The molecule has 144 valence electrons. The summed E-state index contributed by atoms with van der Waals surface area (Å²) in [6.07, 6.45) is 11.6. The molecule has 1 aliphatic carbocycles. The van der Waals surface area contributed by atoms with Crippen molar-refractivity contribution in [3.05, 3.63) is 114 Å². The largest absolute Gasteiger partial charge is 0.508 e. The maximum atomic E-state index is 12.2. The molecule has 1 atom stereocenters. The van der Waals surface area contributed by atoms with Crippen LogP contribution in [-0.4, -0.2) is 27.5 Å². The highest BCUT2D eigenvalue weighted by molar-refractivity contribution is 6.04. The first-order valence-electron chi connectivity index (χ1n) is 9.11. The smallest absolute Gasteiger partial charge is 0.185 e. The van der Waals surface area contributed by atoms with Gasteiger partial charge < -0.3 is 10.2 Å². The van der Waals surface area contributed by atoms with Crippen molar-refractivity contribution >= 4 is 17.3 Å². The Morgan fingerprint density at radius 1 is 1.03 bits per heavy atom. The normalized spacial score (nSPS) is 18.6. The van der Waals surface area contributed by atoms with E-state index in [1.54, 1.807) is 54.6 Å². The summed E-state index contributed by atoms with van der Waals surface area (Å²) in [6.45, 7) is 0. The van der Waals surface area contributed by atoms with Crippen molar-refractivity contribution in [1.29, 1.82) is 0 Å². The molecule has 0 aromatic heterocycles. The molecular formula is C25H20O4. The summed E-state index contributed by atoms with van der Waals surface area (Å²) in [4.78, 5) is 23.5. The molecule has 0 saturated heterocycles. The van der Waals surface area contributed by atoms with E-state index in [0.717, 1.165) is 5.57 Å². The highest BCUT2D eigenvalue weighted by atomic mass is 16.3. The summed E-state index contributed by atoms with van der Waals surface area (Å²) in [5, 5.41) is 20.4. The van der Waals surface area contributed by atoms with Crippen molar-refractivity contribution in [2.45, 2.75) is 12.0 Å². The van der Waals surface area contributed by atoms with Gasteiger partial charge in [0.15, 0.2) is 5.78 Å². The lowest BCUT2D eigenvalue weighted by molar-refractivity contribution is 0.104. The number of aliphatic hydroxyl groups is 1. The van der Waals surface area contributed by atoms with Gasteiger partial charge in [-0.25, -0.2) is 4.79 Å². The molecule has 2 aromatic carbocycles. The van der Waals surface area contributed by atoms with Crippen LogP contribution in [0, 0.1) is 0 Å². The van der Waals surface area contributed by atoms with Crippen molar-refractivity contribution in [2.24, 2.45) is 0 Å².